The van der Waals surface area contributed by atoms with Gasteiger partial charge in [0.1, 0.15) is 5.54 Å². The summed E-state index contributed by atoms with van der Waals surface area (Å²) in [6.45, 7) is 7.33. The van der Waals surface area contributed by atoms with E-state index in [1.165, 1.54) is 0 Å². The molecule has 2 N–H and O–H groups in total. The van der Waals surface area contributed by atoms with Crippen molar-refractivity contribution in [2.24, 2.45) is 0 Å². The van der Waals surface area contributed by atoms with E-state index in [1.54, 1.807) is 14.0 Å². The van der Waals surface area contributed by atoms with Gasteiger partial charge in [0.25, 0.3) is 0 Å². The van der Waals surface area contributed by atoms with Gasteiger partial charge < -0.3 is 15.2 Å². The van der Waals surface area contributed by atoms with Crippen molar-refractivity contribution in [2.75, 3.05) is 33.4 Å². The number of hydrogen-bond donors (Lipinski definition) is 2. The average Bonchev–Trinajstić information content (AvgIpc) is 2.31. The Morgan fingerprint density at radius 1 is 1.65 bits per heavy atom. The van der Waals surface area contributed by atoms with Crippen molar-refractivity contribution >= 4 is 5.97 Å². The molecular weight excluding hydrogens is 220 g/mol. The second-order valence-corrected chi connectivity index (χ2v) is 4.95. The van der Waals surface area contributed by atoms with Gasteiger partial charge in [-0.05, 0) is 40.3 Å². The molecule has 0 aromatic heterocycles. The topological polar surface area (TPSA) is 61.8 Å². The fraction of sp³-hybridized carbons (Fsp3) is 0.917. The molecule has 0 aromatic carbocycles. The molecule has 100 valence electrons. The van der Waals surface area contributed by atoms with E-state index in [1.807, 2.05) is 0 Å². The van der Waals surface area contributed by atoms with Crippen LogP contribution in [0.4, 0.5) is 0 Å². The van der Waals surface area contributed by atoms with Crippen LogP contribution in [0.1, 0.15) is 26.7 Å². The maximum Gasteiger partial charge on any atom is 0.323 e. The van der Waals surface area contributed by atoms with E-state index in [9.17, 15) is 4.79 Å². The number of morpholine rings is 1. The fourth-order valence-corrected chi connectivity index (χ4v) is 2.07. The van der Waals surface area contributed by atoms with Crippen LogP contribution in [0.2, 0.25) is 0 Å². The molecule has 1 heterocycles. The summed E-state index contributed by atoms with van der Waals surface area (Å²) < 4.78 is 5.37. The van der Waals surface area contributed by atoms with Crippen molar-refractivity contribution in [2.45, 2.75) is 38.3 Å². The van der Waals surface area contributed by atoms with Crippen molar-refractivity contribution in [1.29, 1.82) is 0 Å². The molecule has 0 amide bonds. The third kappa shape index (κ3) is 3.94. The molecule has 0 saturated carbocycles. The Balaban J connectivity index is 2.33. The number of hydrogen-bond acceptors (Lipinski definition) is 4. The summed E-state index contributed by atoms with van der Waals surface area (Å²) in [5.74, 6) is -0.782. The Hall–Kier alpha value is -0.650. The highest BCUT2D eigenvalue weighted by molar-refractivity contribution is 5.78. The van der Waals surface area contributed by atoms with Gasteiger partial charge in [-0.25, -0.2) is 0 Å². The highest BCUT2D eigenvalue weighted by atomic mass is 16.5. The van der Waals surface area contributed by atoms with Crippen LogP contribution in [0.3, 0.4) is 0 Å². The summed E-state index contributed by atoms with van der Waals surface area (Å²) in [6, 6.07) is 0.439. The first-order valence-corrected chi connectivity index (χ1v) is 6.23. The predicted octanol–water partition coefficient (Wildman–Crippen LogP) is 0.550. The minimum Gasteiger partial charge on any atom is -0.480 e. The number of carboxylic acid groups (broad SMARTS) is 1. The number of nitrogens with zero attached hydrogens (tertiary/aromatic N) is 1. The van der Waals surface area contributed by atoms with Gasteiger partial charge in [0.2, 0.25) is 0 Å². The number of nitrogens with one attached hydrogen (secondary N) is 1. The molecule has 2 unspecified atom stereocenters. The molecule has 1 aliphatic heterocycles. The van der Waals surface area contributed by atoms with E-state index in [2.05, 4.69) is 17.1 Å². The molecule has 2 atom stereocenters. The molecule has 1 rings (SSSR count). The molecule has 0 radical (unpaired) electrons. The van der Waals surface area contributed by atoms with Crippen molar-refractivity contribution in [3.05, 3.63) is 0 Å². The Kier molecular flexibility index (Phi) is 5.36. The third-order valence-electron chi connectivity index (χ3n) is 3.65. The largest absolute Gasteiger partial charge is 0.480 e. The molecule has 5 heteroatoms. The van der Waals surface area contributed by atoms with Gasteiger partial charge in [-0.3, -0.25) is 9.69 Å². The summed E-state index contributed by atoms with van der Waals surface area (Å²) in [6.07, 6.45) is 1.52. The van der Waals surface area contributed by atoms with Crippen molar-refractivity contribution in [3.8, 4) is 0 Å². The Labute approximate surface area is 103 Å². The smallest absolute Gasteiger partial charge is 0.323 e. The first-order chi connectivity index (χ1) is 7.99. The lowest BCUT2D eigenvalue weighted by Crippen LogP contribution is -2.49. The van der Waals surface area contributed by atoms with Crippen LogP contribution in [-0.2, 0) is 9.53 Å². The zero-order chi connectivity index (χ0) is 12.9. The first kappa shape index (κ1) is 14.4. The molecule has 17 heavy (non-hydrogen) atoms. The van der Waals surface area contributed by atoms with Gasteiger partial charge in [0, 0.05) is 12.6 Å². The van der Waals surface area contributed by atoms with Crippen LogP contribution in [0, 0.1) is 0 Å². The van der Waals surface area contributed by atoms with E-state index >= 15 is 0 Å². The average molecular weight is 244 g/mol. The van der Waals surface area contributed by atoms with Crippen LogP contribution < -0.4 is 5.32 Å². The first-order valence-electron chi connectivity index (χ1n) is 6.23. The standard InChI is InChI=1S/C12H24N2O3/c1-10-9-17-8-7-14(10)6-4-5-12(2,13-3)11(15)16/h10,13H,4-9H2,1-3H3,(H,15,16). The Bertz CT molecular complexity index is 260. The Morgan fingerprint density at radius 2 is 2.35 bits per heavy atom. The van der Waals surface area contributed by atoms with Gasteiger partial charge in [-0.15, -0.1) is 0 Å². The zero-order valence-electron chi connectivity index (χ0n) is 11.0. The van der Waals surface area contributed by atoms with E-state index in [0.29, 0.717) is 12.5 Å². The summed E-state index contributed by atoms with van der Waals surface area (Å²) >= 11 is 0. The van der Waals surface area contributed by atoms with Crippen LogP contribution in [0.5, 0.6) is 0 Å². The van der Waals surface area contributed by atoms with Gasteiger partial charge in [0.05, 0.1) is 13.2 Å². The lowest BCUT2D eigenvalue weighted by Gasteiger charge is -2.34. The lowest BCUT2D eigenvalue weighted by molar-refractivity contribution is -0.144. The quantitative estimate of drug-likeness (QED) is 0.714. The Morgan fingerprint density at radius 3 is 2.88 bits per heavy atom. The normalized spacial score (nSPS) is 25.5. The number of carboxylic acids is 1. The summed E-state index contributed by atoms with van der Waals surface area (Å²) in [4.78, 5) is 13.5. The van der Waals surface area contributed by atoms with Gasteiger partial charge in [-0.1, -0.05) is 0 Å². The maximum atomic E-state index is 11.1. The highest BCUT2D eigenvalue weighted by Crippen LogP contribution is 2.14. The van der Waals surface area contributed by atoms with Gasteiger partial charge >= 0.3 is 5.97 Å². The zero-order valence-corrected chi connectivity index (χ0v) is 11.0. The molecule has 0 aromatic rings. The van der Waals surface area contributed by atoms with Crippen LogP contribution in [0.15, 0.2) is 0 Å². The second-order valence-electron chi connectivity index (χ2n) is 4.95. The molecule has 0 aliphatic carbocycles. The van der Waals surface area contributed by atoms with Crippen LogP contribution >= 0.6 is 0 Å². The van der Waals surface area contributed by atoms with Crippen molar-refractivity contribution in [3.63, 3.8) is 0 Å². The summed E-state index contributed by atoms with van der Waals surface area (Å²) in [5.41, 5.74) is -0.810. The lowest BCUT2D eigenvalue weighted by atomic mass is 9.96. The summed E-state index contributed by atoms with van der Waals surface area (Å²) in [5, 5.41) is 12.0. The van der Waals surface area contributed by atoms with Crippen molar-refractivity contribution < 1.29 is 14.6 Å². The number of ether oxygens (including phenoxy) is 1. The molecule has 0 bridgehead atoms. The maximum absolute atomic E-state index is 11.1. The van der Waals surface area contributed by atoms with E-state index in [-0.39, 0.29) is 0 Å². The minimum absolute atomic E-state index is 0.439. The predicted molar refractivity (Wildman–Crippen MR) is 66.2 cm³/mol. The van der Waals surface area contributed by atoms with Crippen LogP contribution in [0.25, 0.3) is 0 Å². The minimum atomic E-state index is -0.810. The van der Waals surface area contributed by atoms with Crippen LogP contribution in [-0.4, -0.2) is 60.9 Å². The van der Waals surface area contributed by atoms with Gasteiger partial charge in [-0.2, -0.15) is 0 Å². The fourth-order valence-electron chi connectivity index (χ4n) is 2.07. The summed E-state index contributed by atoms with van der Waals surface area (Å²) in [7, 11) is 1.70. The number of likely N-dealkylation sites (N-methyl/N-ethyl adjacent to an activating group) is 1. The van der Waals surface area contributed by atoms with E-state index in [4.69, 9.17) is 9.84 Å². The third-order valence-corrected chi connectivity index (χ3v) is 3.65. The number of carbonyl (C=O) groups is 1. The van der Waals surface area contributed by atoms with E-state index in [0.717, 1.165) is 32.7 Å². The SMILES string of the molecule is CNC(C)(CCCN1CCOCC1C)C(=O)O. The van der Waals surface area contributed by atoms with E-state index < -0.39 is 11.5 Å². The second kappa shape index (κ2) is 6.33. The molecular formula is C12H24N2O3. The molecule has 1 fully saturated rings. The molecule has 0 spiro atoms. The molecule has 1 saturated heterocycles. The van der Waals surface area contributed by atoms with Crippen molar-refractivity contribution in [1.82, 2.24) is 10.2 Å². The monoisotopic (exact) mass is 244 g/mol. The molecule has 5 nitrogen and oxygen atoms in total. The molecule has 1 aliphatic rings. The number of aliphatic carboxylic acids is 1. The van der Waals surface area contributed by atoms with Gasteiger partial charge in [0.15, 0.2) is 0 Å². The number of rotatable bonds is 6. The highest BCUT2D eigenvalue weighted by Gasteiger charge is 2.30.